The van der Waals surface area contributed by atoms with Crippen LogP contribution in [0.4, 0.5) is 0 Å². The summed E-state index contributed by atoms with van der Waals surface area (Å²) in [6.07, 6.45) is 5.37. The van der Waals surface area contributed by atoms with E-state index < -0.39 is 0 Å². The normalized spacial score (nSPS) is 16.5. The zero-order valence-electron chi connectivity index (χ0n) is 17.4. The molecule has 3 heterocycles. The van der Waals surface area contributed by atoms with Crippen molar-refractivity contribution in [1.82, 2.24) is 9.88 Å². The van der Waals surface area contributed by atoms with Gasteiger partial charge in [0.25, 0.3) is 0 Å². The van der Waals surface area contributed by atoms with Crippen molar-refractivity contribution in [3.63, 3.8) is 0 Å². The molecule has 0 fully saturated rings. The highest BCUT2D eigenvalue weighted by atomic mass is 16.5. The topological polar surface area (TPSA) is 60.9 Å². The molecule has 0 unspecified atom stereocenters. The molecule has 6 heteroatoms. The van der Waals surface area contributed by atoms with Crippen LogP contribution in [-0.2, 0) is 13.1 Å². The minimum Gasteiger partial charge on any atom is -0.497 e. The molecule has 2 aliphatic rings. The Morgan fingerprint density at radius 3 is 2.90 bits per heavy atom. The summed E-state index contributed by atoms with van der Waals surface area (Å²) in [6, 6.07) is 13.4. The van der Waals surface area contributed by atoms with Crippen molar-refractivity contribution in [1.29, 1.82) is 0 Å². The molecule has 31 heavy (non-hydrogen) atoms. The van der Waals surface area contributed by atoms with Crippen LogP contribution in [0.2, 0.25) is 0 Å². The van der Waals surface area contributed by atoms with E-state index in [2.05, 4.69) is 9.88 Å². The van der Waals surface area contributed by atoms with Crippen LogP contribution < -0.4 is 14.2 Å². The smallest absolute Gasteiger partial charge is 0.231 e. The molecule has 0 spiro atoms. The number of methoxy groups -OCH3 is 1. The van der Waals surface area contributed by atoms with Crippen LogP contribution in [0.1, 0.15) is 32.6 Å². The van der Waals surface area contributed by atoms with Crippen molar-refractivity contribution in [2.45, 2.75) is 20.0 Å². The summed E-state index contributed by atoms with van der Waals surface area (Å²) in [5, 5.41) is 0. The van der Waals surface area contributed by atoms with E-state index in [-0.39, 0.29) is 5.78 Å². The molecule has 5 rings (SSSR count). The molecule has 156 valence electrons. The van der Waals surface area contributed by atoms with Crippen LogP contribution in [0, 0.1) is 6.92 Å². The molecule has 0 aliphatic carbocycles. The maximum Gasteiger partial charge on any atom is 0.231 e. The van der Waals surface area contributed by atoms with Gasteiger partial charge in [-0.3, -0.25) is 14.7 Å². The van der Waals surface area contributed by atoms with Gasteiger partial charge in [0.2, 0.25) is 5.78 Å². The molecule has 0 N–H and O–H groups in total. The quantitative estimate of drug-likeness (QED) is 0.591. The Balaban J connectivity index is 1.43. The molecule has 0 atom stereocenters. The number of allylic oxidation sites excluding steroid dienone is 1. The van der Waals surface area contributed by atoms with Gasteiger partial charge in [-0.05, 0) is 48.4 Å². The fraction of sp³-hybridized carbons (Fsp3) is 0.200. The Morgan fingerprint density at radius 1 is 1.19 bits per heavy atom. The van der Waals surface area contributed by atoms with Gasteiger partial charge in [0.05, 0.1) is 12.7 Å². The predicted molar refractivity (Wildman–Crippen MR) is 116 cm³/mol. The van der Waals surface area contributed by atoms with Gasteiger partial charge in [-0.2, -0.15) is 0 Å². The van der Waals surface area contributed by atoms with Crippen molar-refractivity contribution in [2.75, 3.05) is 13.8 Å². The third-order valence-corrected chi connectivity index (χ3v) is 5.52. The third-order valence-electron chi connectivity index (χ3n) is 5.52. The Hall–Kier alpha value is -3.64. The van der Waals surface area contributed by atoms with Gasteiger partial charge in [-0.25, -0.2) is 0 Å². The van der Waals surface area contributed by atoms with E-state index in [0.717, 1.165) is 40.3 Å². The highest BCUT2D eigenvalue weighted by Crippen LogP contribution is 2.43. The standard InChI is InChI=1S/C25H22N2O4/c1-16-24-19(14-27(15-30-24)13-18-6-4-8-26-12-18)11-21-23(28)22(31-25(16)21)10-17-5-3-7-20(9-17)29-2/h3-12H,13-15H2,1-2H3/b22-10+. The van der Waals surface area contributed by atoms with Gasteiger partial charge in [0.1, 0.15) is 24.0 Å². The summed E-state index contributed by atoms with van der Waals surface area (Å²) >= 11 is 0. The fourth-order valence-electron chi connectivity index (χ4n) is 4.03. The monoisotopic (exact) mass is 414 g/mol. The number of hydrogen-bond donors (Lipinski definition) is 0. The number of carbonyl (C=O) groups excluding carboxylic acids is 1. The van der Waals surface area contributed by atoms with Gasteiger partial charge < -0.3 is 14.2 Å². The number of rotatable bonds is 4. The second-order valence-electron chi connectivity index (χ2n) is 7.70. The number of nitrogens with zero attached hydrogens (tertiary/aromatic N) is 2. The third kappa shape index (κ3) is 3.66. The van der Waals surface area contributed by atoms with E-state index in [4.69, 9.17) is 14.2 Å². The van der Waals surface area contributed by atoms with Gasteiger partial charge in [-0.1, -0.05) is 18.2 Å². The van der Waals surface area contributed by atoms with E-state index in [9.17, 15) is 4.79 Å². The van der Waals surface area contributed by atoms with E-state index in [1.54, 1.807) is 19.4 Å². The molecule has 0 amide bonds. The van der Waals surface area contributed by atoms with Crippen molar-refractivity contribution in [3.8, 4) is 17.2 Å². The molecule has 0 saturated heterocycles. The van der Waals surface area contributed by atoms with Gasteiger partial charge in [0, 0.05) is 36.6 Å². The number of ether oxygens (including phenoxy) is 3. The van der Waals surface area contributed by atoms with E-state index in [1.165, 1.54) is 0 Å². The maximum absolute atomic E-state index is 13.1. The first kappa shape index (κ1) is 19.3. The number of aromatic nitrogens is 1. The predicted octanol–water partition coefficient (Wildman–Crippen LogP) is 4.37. The molecule has 3 aromatic rings. The van der Waals surface area contributed by atoms with Crippen LogP contribution >= 0.6 is 0 Å². The average Bonchev–Trinajstić information content (AvgIpc) is 3.10. The average molecular weight is 414 g/mol. The SMILES string of the molecule is COc1cccc(/C=C2/Oc3c(cc4c(c3C)OCN(Cc3cccnc3)C4)C2=O)c1. The zero-order chi connectivity index (χ0) is 21.4. The molecule has 6 nitrogen and oxygen atoms in total. The molecule has 0 bridgehead atoms. The van der Waals surface area contributed by atoms with Gasteiger partial charge in [0.15, 0.2) is 5.76 Å². The summed E-state index contributed by atoms with van der Waals surface area (Å²) in [5.41, 5.74) is 4.39. The number of fused-ring (bicyclic) bond motifs is 2. The molecule has 0 radical (unpaired) electrons. The van der Waals surface area contributed by atoms with E-state index in [0.29, 0.717) is 30.3 Å². The van der Waals surface area contributed by atoms with Crippen molar-refractivity contribution in [3.05, 3.63) is 88.4 Å². The first-order valence-electron chi connectivity index (χ1n) is 10.1. The minimum absolute atomic E-state index is 0.117. The zero-order valence-corrected chi connectivity index (χ0v) is 17.4. The van der Waals surface area contributed by atoms with Crippen LogP contribution in [0.5, 0.6) is 17.2 Å². The Bertz CT molecular complexity index is 1190. The number of benzene rings is 2. The second kappa shape index (κ2) is 7.89. The number of hydrogen-bond acceptors (Lipinski definition) is 6. The summed E-state index contributed by atoms with van der Waals surface area (Å²) in [5.74, 6) is 2.30. The highest BCUT2D eigenvalue weighted by molar-refractivity contribution is 6.15. The van der Waals surface area contributed by atoms with E-state index in [1.807, 2.05) is 55.6 Å². The Morgan fingerprint density at radius 2 is 2.10 bits per heavy atom. The number of pyridine rings is 1. The molecule has 0 saturated carbocycles. The minimum atomic E-state index is -0.117. The lowest BCUT2D eigenvalue weighted by Crippen LogP contribution is -2.32. The summed E-state index contributed by atoms with van der Waals surface area (Å²) in [7, 11) is 1.62. The fourth-order valence-corrected chi connectivity index (χ4v) is 4.03. The van der Waals surface area contributed by atoms with Crippen molar-refractivity contribution < 1.29 is 19.0 Å². The van der Waals surface area contributed by atoms with Crippen molar-refractivity contribution >= 4 is 11.9 Å². The number of Topliss-reactive ketones (excluding diaryl/α,β-unsaturated/α-hetero) is 1. The molecular formula is C25H22N2O4. The summed E-state index contributed by atoms with van der Waals surface area (Å²) in [4.78, 5) is 19.4. The lowest BCUT2D eigenvalue weighted by atomic mass is 10.00. The molecule has 2 aromatic carbocycles. The molecule has 2 aliphatic heterocycles. The molecule has 1 aromatic heterocycles. The molecular weight excluding hydrogens is 392 g/mol. The van der Waals surface area contributed by atoms with E-state index >= 15 is 0 Å². The van der Waals surface area contributed by atoms with Crippen LogP contribution in [-0.4, -0.2) is 29.5 Å². The number of ketones is 1. The lowest BCUT2D eigenvalue weighted by molar-refractivity contribution is 0.0876. The summed E-state index contributed by atoms with van der Waals surface area (Å²) in [6.45, 7) is 3.84. The maximum atomic E-state index is 13.1. The van der Waals surface area contributed by atoms with Crippen LogP contribution in [0.25, 0.3) is 6.08 Å². The summed E-state index contributed by atoms with van der Waals surface area (Å²) < 4.78 is 17.3. The Kier molecular flexibility index (Phi) is 4.92. The van der Waals surface area contributed by atoms with Crippen LogP contribution in [0.3, 0.4) is 0 Å². The first-order valence-corrected chi connectivity index (χ1v) is 10.1. The Labute approximate surface area is 180 Å². The largest absolute Gasteiger partial charge is 0.497 e. The first-order chi connectivity index (χ1) is 15.1. The van der Waals surface area contributed by atoms with Gasteiger partial charge >= 0.3 is 0 Å². The highest BCUT2D eigenvalue weighted by Gasteiger charge is 2.33. The lowest BCUT2D eigenvalue weighted by Gasteiger charge is -2.30. The number of carbonyl (C=O) groups is 1. The second-order valence-corrected chi connectivity index (χ2v) is 7.70. The van der Waals surface area contributed by atoms with Crippen LogP contribution in [0.15, 0.2) is 60.6 Å². The van der Waals surface area contributed by atoms with Gasteiger partial charge in [-0.15, -0.1) is 0 Å². The van der Waals surface area contributed by atoms with Crippen molar-refractivity contribution in [2.24, 2.45) is 0 Å².